The second-order valence-corrected chi connectivity index (χ2v) is 7.88. The van der Waals surface area contributed by atoms with Gasteiger partial charge in [-0.05, 0) is 49.8 Å². The van der Waals surface area contributed by atoms with Crippen molar-refractivity contribution in [1.29, 1.82) is 0 Å². The van der Waals surface area contributed by atoms with Gasteiger partial charge in [-0.3, -0.25) is 9.89 Å². The Morgan fingerprint density at radius 3 is 2.70 bits per heavy atom. The Morgan fingerprint density at radius 2 is 1.94 bits per heavy atom. The number of benzene rings is 1. The van der Waals surface area contributed by atoms with Gasteiger partial charge in [0.05, 0.1) is 29.4 Å². The van der Waals surface area contributed by atoms with E-state index in [9.17, 15) is 4.79 Å². The highest BCUT2D eigenvalue weighted by molar-refractivity contribution is 5.96. The lowest BCUT2D eigenvalue weighted by atomic mass is 10.1. The molecule has 33 heavy (non-hydrogen) atoms. The molecule has 0 aliphatic carbocycles. The quantitative estimate of drug-likeness (QED) is 0.366. The Balaban J connectivity index is 1.58. The number of hydrogen-bond acceptors (Lipinski definition) is 8. The van der Waals surface area contributed by atoms with Gasteiger partial charge in [-0.25, -0.2) is 15.0 Å². The van der Waals surface area contributed by atoms with Crippen molar-refractivity contribution in [1.82, 2.24) is 35.0 Å². The summed E-state index contributed by atoms with van der Waals surface area (Å²) < 4.78 is 5.04. The molecule has 10 nitrogen and oxygen atoms in total. The highest BCUT2D eigenvalue weighted by Gasteiger charge is 2.13. The summed E-state index contributed by atoms with van der Waals surface area (Å²) >= 11 is 0. The maximum Gasteiger partial charge on any atom is 0.316 e. The molecule has 0 atom stereocenters. The number of aromatic amines is 2. The van der Waals surface area contributed by atoms with E-state index < -0.39 is 0 Å². The van der Waals surface area contributed by atoms with Gasteiger partial charge in [0.2, 0.25) is 0 Å². The first-order valence-corrected chi connectivity index (χ1v) is 10.3. The van der Waals surface area contributed by atoms with E-state index in [0.29, 0.717) is 22.5 Å². The number of nitrogens with zero attached hydrogens (tertiary/aromatic N) is 5. The predicted molar refractivity (Wildman–Crippen MR) is 127 cm³/mol. The largest absolute Gasteiger partial charge is 0.467 e. The van der Waals surface area contributed by atoms with Crippen molar-refractivity contribution in [3.63, 3.8) is 0 Å². The summed E-state index contributed by atoms with van der Waals surface area (Å²) in [5.41, 5.74) is 3.77. The van der Waals surface area contributed by atoms with Crippen molar-refractivity contribution >= 4 is 33.2 Å². The number of pyridine rings is 2. The third-order valence-corrected chi connectivity index (χ3v) is 5.23. The lowest BCUT2D eigenvalue weighted by Crippen LogP contribution is -2.11. The number of rotatable bonds is 6. The predicted octanol–water partition coefficient (Wildman–Crippen LogP) is 3.07. The van der Waals surface area contributed by atoms with Crippen molar-refractivity contribution in [3.05, 3.63) is 65.0 Å². The summed E-state index contributed by atoms with van der Waals surface area (Å²) in [6.07, 6.45) is 4.89. The lowest BCUT2D eigenvalue weighted by Gasteiger charge is -2.11. The molecule has 166 valence electrons. The minimum atomic E-state index is -0.226. The van der Waals surface area contributed by atoms with E-state index in [0.717, 1.165) is 34.2 Å². The first kappa shape index (κ1) is 20.6. The number of anilines is 2. The van der Waals surface area contributed by atoms with Crippen LogP contribution >= 0.6 is 0 Å². The highest BCUT2D eigenvalue weighted by atomic mass is 16.5. The molecule has 1 aromatic carbocycles. The van der Waals surface area contributed by atoms with Crippen LogP contribution in [0.1, 0.15) is 5.69 Å². The van der Waals surface area contributed by atoms with E-state index in [2.05, 4.69) is 35.4 Å². The van der Waals surface area contributed by atoms with Crippen LogP contribution in [0.3, 0.4) is 0 Å². The molecule has 0 saturated carbocycles. The lowest BCUT2D eigenvalue weighted by molar-refractivity contribution is 0.380. The molecule has 0 radical (unpaired) electrons. The molecule has 4 heterocycles. The minimum Gasteiger partial charge on any atom is -0.467 e. The standard InChI is InChI=1S/C23H22N8O2/c1-31(2)12-19-16-5-4-15(9-18(16)29-30-19)27-21-20-13(6-7-24-22(20)32)8-17(28-21)14-10-25-23(33-3)26-11-14/h4-11H,12H2,1-3H3,(H,24,32)(H,27,28)(H,29,30). The summed E-state index contributed by atoms with van der Waals surface area (Å²) in [5.74, 6) is 0.438. The van der Waals surface area contributed by atoms with Gasteiger partial charge in [0.1, 0.15) is 5.82 Å². The summed E-state index contributed by atoms with van der Waals surface area (Å²) in [6.45, 7) is 0.736. The zero-order chi connectivity index (χ0) is 22.9. The molecular weight excluding hydrogens is 420 g/mol. The number of aromatic nitrogens is 6. The number of methoxy groups -OCH3 is 1. The van der Waals surface area contributed by atoms with Crippen molar-refractivity contribution in [2.45, 2.75) is 6.54 Å². The van der Waals surface area contributed by atoms with Crippen LogP contribution in [0.2, 0.25) is 0 Å². The summed E-state index contributed by atoms with van der Waals surface area (Å²) in [4.78, 5) is 30.5. The number of H-pyrrole nitrogens is 2. The zero-order valence-electron chi connectivity index (χ0n) is 18.4. The number of hydrogen-bond donors (Lipinski definition) is 3. The van der Waals surface area contributed by atoms with Gasteiger partial charge in [0, 0.05) is 41.8 Å². The molecule has 0 fully saturated rings. The Kier molecular flexibility index (Phi) is 5.19. The molecule has 0 aliphatic heterocycles. The summed E-state index contributed by atoms with van der Waals surface area (Å²) in [6, 6.07) is 9.86. The van der Waals surface area contributed by atoms with Gasteiger partial charge in [-0.1, -0.05) is 0 Å². The van der Waals surface area contributed by atoms with Crippen LogP contribution in [0, 0.1) is 0 Å². The normalized spacial score (nSPS) is 11.4. The minimum absolute atomic E-state index is 0.226. The molecular formula is C23H22N8O2. The monoisotopic (exact) mass is 442 g/mol. The fourth-order valence-corrected chi connectivity index (χ4v) is 3.72. The van der Waals surface area contributed by atoms with Gasteiger partial charge in [0.25, 0.3) is 5.56 Å². The highest BCUT2D eigenvalue weighted by Crippen LogP contribution is 2.29. The Morgan fingerprint density at radius 1 is 1.12 bits per heavy atom. The van der Waals surface area contributed by atoms with Gasteiger partial charge in [0.15, 0.2) is 0 Å². The second-order valence-electron chi connectivity index (χ2n) is 7.88. The molecule has 0 bridgehead atoms. The van der Waals surface area contributed by atoms with Crippen LogP contribution in [0.25, 0.3) is 32.9 Å². The van der Waals surface area contributed by atoms with E-state index in [1.165, 1.54) is 7.11 Å². The van der Waals surface area contributed by atoms with Crippen LogP contribution in [0.15, 0.2) is 53.7 Å². The Hall–Kier alpha value is -4.31. The van der Waals surface area contributed by atoms with Gasteiger partial charge < -0.3 is 19.9 Å². The van der Waals surface area contributed by atoms with Gasteiger partial charge in [-0.15, -0.1) is 0 Å². The number of ether oxygens (including phenoxy) is 1. The molecule has 0 amide bonds. The molecule has 10 heteroatoms. The van der Waals surface area contributed by atoms with Crippen molar-refractivity contribution in [3.8, 4) is 17.3 Å². The van der Waals surface area contributed by atoms with Crippen LogP contribution < -0.4 is 15.6 Å². The van der Waals surface area contributed by atoms with Crippen molar-refractivity contribution < 1.29 is 4.74 Å². The maximum absolute atomic E-state index is 12.6. The van der Waals surface area contributed by atoms with E-state index in [-0.39, 0.29) is 11.6 Å². The van der Waals surface area contributed by atoms with Crippen LogP contribution in [0.4, 0.5) is 11.5 Å². The maximum atomic E-state index is 12.6. The van der Waals surface area contributed by atoms with E-state index in [1.54, 1.807) is 18.6 Å². The van der Waals surface area contributed by atoms with Gasteiger partial charge in [-0.2, -0.15) is 5.10 Å². The fraction of sp³-hybridized carbons (Fsp3) is 0.174. The van der Waals surface area contributed by atoms with E-state index >= 15 is 0 Å². The summed E-state index contributed by atoms with van der Waals surface area (Å²) in [7, 11) is 5.52. The molecule has 0 saturated heterocycles. The number of fused-ring (bicyclic) bond motifs is 2. The summed E-state index contributed by atoms with van der Waals surface area (Å²) in [5, 5.41) is 13.1. The topological polar surface area (TPSA) is 125 Å². The molecule has 4 aromatic heterocycles. The molecule has 0 aliphatic rings. The van der Waals surface area contributed by atoms with Crippen molar-refractivity contribution in [2.24, 2.45) is 0 Å². The Labute approximate surface area is 188 Å². The molecule has 0 spiro atoms. The zero-order valence-corrected chi connectivity index (χ0v) is 18.4. The number of nitrogens with one attached hydrogen (secondary N) is 3. The first-order valence-electron chi connectivity index (χ1n) is 10.3. The third kappa shape index (κ3) is 3.99. The molecule has 5 rings (SSSR count). The fourth-order valence-electron chi connectivity index (χ4n) is 3.72. The average molecular weight is 442 g/mol. The SMILES string of the molecule is COc1ncc(-c2cc3cc[nH]c(=O)c3c(Nc3ccc4c(CN(C)C)n[nH]c4c3)n2)cn1. The third-order valence-electron chi connectivity index (χ3n) is 5.23. The van der Waals surface area contributed by atoms with Crippen LogP contribution in [-0.2, 0) is 6.54 Å². The van der Waals surface area contributed by atoms with Crippen molar-refractivity contribution in [2.75, 3.05) is 26.5 Å². The molecule has 0 unspecified atom stereocenters. The van der Waals surface area contributed by atoms with E-state index in [4.69, 9.17) is 9.72 Å². The smallest absolute Gasteiger partial charge is 0.316 e. The first-order chi connectivity index (χ1) is 16.0. The molecule has 3 N–H and O–H groups in total. The average Bonchev–Trinajstić information content (AvgIpc) is 3.20. The second kappa shape index (κ2) is 8.32. The van der Waals surface area contributed by atoms with E-state index in [1.807, 2.05) is 44.4 Å². The van der Waals surface area contributed by atoms with Gasteiger partial charge >= 0.3 is 6.01 Å². The molecule has 5 aromatic rings. The van der Waals surface area contributed by atoms with Crippen LogP contribution in [0.5, 0.6) is 6.01 Å². The Bertz CT molecular complexity index is 1510. The van der Waals surface area contributed by atoms with Crippen LogP contribution in [-0.4, -0.2) is 56.2 Å².